The summed E-state index contributed by atoms with van der Waals surface area (Å²) >= 11 is 0. The lowest BCUT2D eigenvalue weighted by atomic mass is 9.88. The third-order valence-electron chi connectivity index (χ3n) is 2.21. The van der Waals surface area contributed by atoms with Crippen LogP contribution >= 0.6 is 0 Å². The topological polar surface area (TPSA) is 26.3 Å². The Balaban J connectivity index is 2.52. The number of ether oxygens (including phenoxy) is 1. The minimum atomic E-state index is -0.268. The van der Waals surface area contributed by atoms with Gasteiger partial charge in [-0.3, -0.25) is 0 Å². The van der Waals surface area contributed by atoms with E-state index in [1.54, 1.807) is 0 Å². The molecule has 0 fully saturated rings. The van der Waals surface area contributed by atoms with Crippen LogP contribution in [0.2, 0.25) is 0 Å². The van der Waals surface area contributed by atoms with Crippen LogP contribution in [0.3, 0.4) is 0 Å². The highest BCUT2D eigenvalue weighted by Crippen LogP contribution is 2.24. The maximum absolute atomic E-state index is 11.1. The Morgan fingerprint density at radius 2 is 2.33 bits per heavy atom. The fourth-order valence-corrected chi connectivity index (χ4v) is 1.41. The van der Waals surface area contributed by atoms with Crippen LogP contribution < -0.4 is 0 Å². The number of esters is 1. The number of hydrogen-bond donors (Lipinski definition) is 0. The molecule has 0 aromatic rings. The van der Waals surface area contributed by atoms with Gasteiger partial charge in [0.05, 0.1) is 7.11 Å². The number of methoxy groups -OCH3 is 1. The summed E-state index contributed by atoms with van der Waals surface area (Å²) in [6.45, 7) is 3.74. The van der Waals surface area contributed by atoms with Crippen molar-refractivity contribution in [2.24, 2.45) is 5.92 Å². The fraction of sp³-hybridized carbons (Fsp3) is 0.500. The minimum absolute atomic E-state index is 0.268. The van der Waals surface area contributed by atoms with Gasteiger partial charge in [0, 0.05) is 5.57 Å². The zero-order chi connectivity index (χ0) is 8.97. The molecule has 0 heterocycles. The van der Waals surface area contributed by atoms with Crippen molar-refractivity contribution in [3.05, 3.63) is 24.3 Å². The Bertz CT molecular complexity index is 216. The van der Waals surface area contributed by atoms with Crippen molar-refractivity contribution in [2.75, 3.05) is 7.11 Å². The predicted octanol–water partition coefficient (Wildman–Crippen LogP) is 2.07. The zero-order valence-electron chi connectivity index (χ0n) is 7.38. The highest BCUT2D eigenvalue weighted by atomic mass is 16.5. The lowest BCUT2D eigenvalue weighted by Crippen LogP contribution is -2.14. The quantitative estimate of drug-likeness (QED) is 0.356. The van der Waals surface area contributed by atoms with Crippen molar-refractivity contribution >= 4 is 5.97 Å². The highest BCUT2D eigenvalue weighted by molar-refractivity contribution is 5.88. The van der Waals surface area contributed by atoms with Crippen molar-refractivity contribution in [2.45, 2.75) is 19.3 Å². The van der Waals surface area contributed by atoms with E-state index in [9.17, 15) is 4.79 Å². The van der Waals surface area contributed by atoms with Crippen molar-refractivity contribution in [3.8, 4) is 0 Å². The smallest absolute Gasteiger partial charge is 0.333 e. The van der Waals surface area contributed by atoms with Crippen LogP contribution in [0.15, 0.2) is 24.3 Å². The molecule has 2 heteroatoms. The average molecular weight is 166 g/mol. The van der Waals surface area contributed by atoms with E-state index in [-0.39, 0.29) is 5.97 Å². The first kappa shape index (κ1) is 9.04. The zero-order valence-corrected chi connectivity index (χ0v) is 7.38. The number of hydrogen-bond acceptors (Lipinski definition) is 2. The summed E-state index contributed by atoms with van der Waals surface area (Å²) in [4.78, 5) is 11.1. The van der Waals surface area contributed by atoms with E-state index in [0.717, 1.165) is 19.3 Å². The molecule has 0 amide bonds. The number of carbonyl (C=O) groups is 1. The molecular formula is C10H14O2. The maximum atomic E-state index is 11.1. The van der Waals surface area contributed by atoms with Crippen molar-refractivity contribution in [3.63, 3.8) is 0 Å². The van der Waals surface area contributed by atoms with E-state index >= 15 is 0 Å². The van der Waals surface area contributed by atoms with Crippen molar-refractivity contribution < 1.29 is 9.53 Å². The molecule has 0 saturated carbocycles. The van der Waals surface area contributed by atoms with Gasteiger partial charge in [0.25, 0.3) is 0 Å². The molecule has 0 N–H and O–H groups in total. The van der Waals surface area contributed by atoms with E-state index < -0.39 is 0 Å². The van der Waals surface area contributed by atoms with Gasteiger partial charge >= 0.3 is 5.97 Å². The summed E-state index contributed by atoms with van der Waals surface area (Å²) in [6.07, 6.45) is 7.22. The highest BCUT2D eigenvalue weighted by Gasteiger charge is 2.19. The van der Waals surface area contributed by atoms with Crippen LogP contribution in [0.5, 0.6) is 0 Å². The summed E-state index contributed by atoms with van der Waals surface area (Å²) in [5.74, 6) is 0.0257. The van der Waals surface area contributed by atoms with Gasteiger partial charge in [0.15, 0.2) is 0 Å². The lowest BCUT2D eigenvalue weighted by Gasteiger charge is -2.18. The van der Waals surface area contributed by atoms with Gasteiger partial charge < -0.3 is 4.74 Å². The Hall–Kier alpha value is -1.05. The van der Waals surface area contributed by atoms with Crippen LogP contribution in [0.25, 0.3) is 0 Å². The molecule has 12 heavy (non-hydrogen) atoms. The Morgan fingerprint density at radius 3 is 2.83 bits per heavy atom. The Kier molecular flexibility index (Phi) is 3.09. The molecule has 1 rings (SSSR count). The minimum Gasteiger partial charge on any atom is -0.466 e. The second-order valence-electron chi connectivity index (χ2n) is 3.00. The van der Waals surface area contributed by atoms with E-state index in [1.165, 1.54) is 7.11 Å². The Morgan fingerprint density at radius 1 is 1.58 bits per heavy atom. The number of allylic oxidation sites excluding steroid dienone is 2. The van der Waals surface area contributed by atoms with Gasteiger partial charge in [-0.25, -0.2) is 4.79 Å². The van der Waals surface area contributed by atoms with Gasteiger partial charge in [-0.05, 0) is 25.2 Å². The van der Waals surface area contributed by atoms with Gasteiger partial charge in [0.2, 0.25) is 0 Å². The van der Waals surface area contributed by atoms with E-state index in [0.29, 0.717) is 11.5 Å². The van der Waals surface area contributed by atoms with Crippen LogP contribution in [0, 0.1) is 5.92 Å². The summed E-state index contributed by atoms with van der Waals surface area (Å²) in [6, 6.07) is 0. The summed E-state index contributed by atoms with van der Waals surface area (Å²) in [5, 5.41) is 0. The molecule has 1 aliphatic rings. The molecule has 66 valence electrons. The number of rotatable bonds is 2. The van der Waals surface area contributed by atoms with Crippen LogP contribution in [-0.4, -0.2) is 13.1 Å². The third-order valence-corrected chi connectivity index (χ3v) is 2.21. The first-order chi connectivity index (χ1) is 5.75. The largest absolute Gasteiger partial charge is 0.466 e. The molecule has 0 saturated heterocycles. The van der Waals surface area contributed by atoms with Crippen molar-refractivity contribution in [1.29, 1.82) is 0 Å². The monoisotopic (exact) mass is 166 g/mol. The average Bonchev–Trinajstić information content (AvgIpc) is 2.17. The summed E-state index contributed by atoms with van der Waals surface area (Å²) in [5.41, 5.74) is 0.613. The van der Waals surface area contributed by atoms with Gasteiger partial charge in [-0.15, -0.1) is 0 Å². The predicted molar refractivity (Wildman–Crippen MR) is 47.6 cm³/mol. The van der Waals surface area contributed by atoms with Gasteiger partial charge in [-0.2, -0.15) is 0 Å². The van der Waals surface area contributed by atoms with Crippen LogP contribution in [0.4, 0.5) is 0 Å². The van der Waals surface area contributed by atoms with E-state index in [1.807, 2.05) is 0 Å². The molecule has 1 aliphatic carbocycles. The van der Waals surface area contributed by atoms with Crippen LogP contribution in [-0.2, 0) is 9.53 Å². The van der Waals surface area contributed by atoms with Crippen LogP contribution in [0.1, 0.15) is 19.3 Å². The third kappa shape index (κ3) is 1.97. The molecule has 0 aromatic heterocycles. The second kappa shape index (κ2) is 4.10. The summed E-state index contributed by atoms with van der Waals surface area (Å²) in [7, 11) is 1.40. The molecule has 0 aromatic carbocycles. The maximum Gasteiger partial charge on any atom is 0.333 e. The van der Waals surface area contributed by atoms with E-state index in [2.05, 4.69) is 23.5 Å². The molecule has 0 aliphatic heterocycles. The fourth-order valence-electron chi connectivity index (χ4n) is 1.41. The molecular weight excluding hydrogens is 152 g/mol. The molecule has 0 bridgehead atoms. The first-order valence-corrected chi connectivity index (χ1v) is 4.18. The van der Waals surface area contributed by atoms with Gasteiger partial charge in [0.1, 0.15) is 0 Å². The normalized spacial score (nSPS) is 21.9. The summed E-state index contributed by atoms with van der Waals surface area (Å²) < 4.78 is 4.60. The Labute approximate surface area is 72.9 Å². The second-order valence-corrected chi connectivity index (χ2v) is 3.00. The van der Waals surface area contributed by atoms with Crippen molar-refractivity contribution in [1.82, 2.24) is 0 Å². The molecule has 0 spiro atoms. The SMILES string of the molecule is C=C(C(=O)OC)C1CC=CCC1. The standard InChI is InChI=1S/C10H14O2/c1-8(10(11)12-2)9-6-4-3-5-7-9/h3-4,9H,1,5-7H2,2H3. The molecule has 0 radical (unpaired) electrons. The first-order valence-electron chi connectivity index (χ1n) is 4.18. The molecule has 2 nitrogen and oxygen atoms in total. The molecule has 1 unspecified atom stereocenters. The lowest BCUT2D eigenvalue weighted by molar-refractivity contribution is -0.136. The number of carbonyl (C=O) groups excluding carboxylic acids is 1. The van der Waals surface area contributed by atoms with E-state index in [4.69, 9.17) is 0 Å². The molecule has 1 atom stereocenters. The van der Waals surface area contributed by atoms with Gasteiger partial charge in [-0.1, -0.05) is 18.7 Å².